The fourth-order valence-corrected chi connectivity index (χ4v) is 1.68. The molecule has 2 N–H and O–H groups in total. The molecule has 0 aromatic carbocycles. The second-order valence-corrected chi connectivity index (χ2v) is 4.52. The van der Waals surface area contributed by atoms with Crippen LogP contribution in [0.25, 0.3) is 0 Å². The van der Waals surface area contributed by atoms with Crippen molar-refractivity contribution in [1.29, 1.82) is 0 Å². The summed E-state index contributed by atoms with van der Waals surface area (Å²) in [6.45, 7) is 1.62. The van der Waals surface area contributed by atoms with E-state index in [-0.39, 0.29) is 0 Å². The quantitative estimate of drug-likeness (QED) is 0.542. The lowest BCUT2D eigenvalue weighted by Gasteiger charge is -2.04. The second-order valence-electron chi connectivity index (χ2n) is 3.99. The van der Waals surface area contributed by atoms with Crippen molar-refractivity contribution in [3.05, 3.63) is 30.1 Å². The molecular formula is C13H20N2OS. The summed E-state index contributed by atoms with van der Waals surface area (Å²) in [4.78, 5) is 4.59. The number of hydrogen-bond donors (Lipinski definition) is 1. The molecule has 0 saturated heterocycles. The van der Waals surface area contributed by atoms with Gasteiger partial charge in [0.2, 0.25) is 0 Å². The van der Waals surface area contributed by atoms with E-state index < -0.39 is 0 Å². The lowest BCUT2D eigenvalue weighted by Crippen LogP contribution is -2.07. The number of aromatic nitrogens is 1. The van der Waals surface area contributed by atoms with E-state index in [2.05, 4.69) is 4.98 Å². The molecule has 1 rings (SSSR count). The van der Waals surface area contributed by atoms with Gasteiger partial charge >= 0.3 is 0 Å². The van der Waals surface area contributed by atoms with Crippen molar-refractivity contribution < 1.29 is 4.74 Å². The molecule has 0 saturated carbocycles. The zero-order valence-corrected chi connectivity index (χ0v) is 10.9. The molecule has 1 aromatic rings. The van der Waals surface area contributed by atoms with Gasteiger partial charge in [-0.15, -0.1) is 0 Å². The Hall–Kier alpha value is -1.00. The van der Waals surface area contributed by atoms with E-state index in [1.807, 2.05) is 24.5 Å². The summed E-state index contributed by atoms with van der Waals surface area (Å²) in [5, 5.41) is 0. The first-order chi connectivity index (χ1) is 8.29. The van der Waals surface area contributed by atoms with Crippen LogP contribution in [0.2, 0.25) is 0 Å². The third-order valence-corrected chi connectivity index (χ3v) is 2.67. The van der Waals surface area contributed by atoms with Gasteiger partial charge in [0.15, 0.2) is 0 Å². The van der Waals surface area contributed by atoms with Crippen molar-refractivity contribution in [2.45, 2.75) is 32.1 Å². The third-order valence-electron chi connectivity index (χ3n) is 2.47. The molecule has 0 atom stereocenters. The van der Waals surface area contributed by atoms with E-state index in [1.165, 1.54) is 5.56 Å². The first-order valence-electron chi connectivity index (χ1n) is 6.04. The average molecular weight is 252 g/mol. The summed E-state index contributed by atoms with van der Waals surface area (Å²) in [6, 6.07) is 4.09. The lowest BCUT2D eigenvalue weighted by molar-refractivity contribution is 0.128. The number of nitrogens with zero attached hydrogens (tertiary/aromatic N) is 1. The van der Waals surface area contributed by atoms with Crippen LogP contribution in [0.1, 0.15) is 31.2 Å². The van der Waals surface area contributed by atoms with Crippen molar-refractivity contribution in [2.75, 3.05) is 13.2 Å². The molecule has 0 amide bonds. The van der Waals surface area contributed by atoms with E-state index in [0.29, 0.717) is 4.99 Å². The number of unbranched alkanes of at least 4 members (excludes halogenated alkanes) is 1. The molecule has 0 unspecified atom stereocenters. The highest BCUT2D eigenvalue weighted by Gasteiger charge is 1.94. The maximum atomic E-state index is 5.54. The fraction of sp³-hybridized carbons (Fsp3) is 0.538. The Morgan fingerprint density at radius 3 is 2.59 bits per heavy atom. The molecule has 0 aliphatic carbocycles. The van der Waals surface area contributed by atoms with Gasteiger partial charge in [0.05, 0.1) is 4.99 Å². The monoisotopic (exact) mass is 252 g/mol. The SMILES string of the molecule is NC(=S)CCCCOCCCc1ccncc1. The van der Waals surface area contributed by atoms with E-state index in [0.717, 1.165) is 45.3 Å². The van der Waals surface area contributed by atoms with Gasteiger partial charge < -0.3 is 10.5 Å². The number of hydrogen-bond acceptors (Lipinski definition) is 3. The molecule has 3 nitrogen and oxygen atoms in total. The Bertz CT molecular complexity index is 316. The number of ether oxygens (including phenoxy) is 1. The molecule has 0 spiro atoms. The number of nitrogens with two attached hydrogens (primary N) is 1. The predicted molar refractivity (Wildman–Crippen MR) is 74.0 cm³/mol. The molecule has 4 heteroatoms. The molecule has 0 fully saturated rings. The Balaban J connectivity index is 1.90. The van der Waals surface area contributed by atoms with E-state index in [4.69, 9.17) is 22.7 Å². The molecule has 0 radical (unpaired) electrons. The van der Waals surface area contributed by atoms with E-state index >= 15 is 0 Å². The van der Waals surface area contributed by atoms with Crippen molar-refractivity contribution in [1.82, 2.24) is 4.98 Å². The fourth-order valence-electron chi connectivity index (χ4n) is 1.53. The summed E-state index contributed by atoms with van der Waals surface area (Å²) >= 11 is 4.80. The van der Waals surface area contributed by atoms with Crippen molar-refractivity contribution >= 4 is 17.2 Å². The third kappa shape index (κ3) is 7.82. The van der Waals surface area contributed by atoms with Crippen LogP contribution in [0.4, 0.5) is 0 Å². The molecule has 94 valence electrons. The highest BCUT2D eigenvalue weighted by molar-refractivity contribution is 7.80. The highest BCUT2D eigenvalue weighted by Crippen LogP contribution is 2.02. The molecule has 0 bridgehead atoms. The molecule has 0 aliphatic rings. The minimum Gasteiger partial charge on any atom is -0.393 e. The summed E-state index contributed by atoms with van der Waals surface area (Å²) in [6.07, 6.45) is 8.65. The first kappa shape index (κ1) is 14.1. The smallest absolute Gasteiger partial charge is 0.0727 e. The van der Waals surface area contributed by atoms with Crippen LogP contribution in [0.3, 0.4) is 0 Å². The van der Waals surface area contributed by atoms with Crippen LogP contribution < -0.4 is 5.73 Å². The topological polar surface area (TPSA) is 48.1 Å². The number of aryl methyl sites for hydroxylation is 1. The van der Waals surface area contributed by atoms with Gasteiger partial charge in [-0.1, -0.05) is 12.2 Å². The minimum atomic E-state index is 0.600. The van der Waals surface area contributed by atoms with Crippen molar-refractivity contribution in [2.24, 2.45) is 5.73 Å². The molecule has 0 aliphatic heterocycles. The van der Waals surface area contributed by atoms with Crippen molar-refractivity contribution in [3.63, 3.8) is 0 Å². The average Bonchev–Trinajstić information content (AvgIpc) is 2.33. The maximum absolute atomic E-state index is 5.54. The van der Waals surface area contributed by atoms with Crippen LogP contribution in [0, 0.1) is 0 Å². The summed E-state index contributed by atoms with van der Waals surface area (Å²) in [5.41, 5.74) is 6.72. The number of pyridine rings is 1. The van der Waals surface area contributed by atoms with Crippen molar-refractivity contribution in [3.8, 4) is 0 Å². The summed E-state index contributed by atoms with van der Waals surface area (Å²) in [5.74, 6) is 0. The largest absolute Gasteiger partial charge is 0.393 e. The van der Waals surface area contributed by atoms with Gasteiger partial charge in [-0.25, -0.2) is 0 Å². The van der Waals surface area contributed by atoms with E-state index in [1.54, 1.807) is 0 Å². The van der Waals surface area contributed by atoms with Gasteiger partial charge in [-0.05, 0) is 49.8 Å². The first-order valence-corrected chi connectivity index (χ1v) is 6.45. The Kier molecular flexibility index (Phi) is 7.51. The standard InChI is InChI=1S/C13H20N2OS/c14-13(17)5-1-2-10-16-11-3-4-12-6-8-15-9-7-12/h6-9H,1-5,10-11H2,(H2,14,17). The van der Waals surface area contributed by atoms with Gasteiger partial charge in [0.1, 0.15) is 0 Å². The number of thiocarbonyl (C=S) groups is 1. The second kappa shape index (κ2) is 9.07. The van der Waals surface area contributed by atoms with E-state index in [9.17, 15) is 0 Å². The van der Waals surface area contributed by atoms with Gasteiger partial charge in [-0.2, -0.15) is 0 Å². The summed E-state index contributed by atoms with van der Waals surface area (Å²) < 4.78 is 5.54. The van der Waals surface area contributed by atoms with Gasteiger partial charge in [0.25, 0.3) is 0 Å². The highest BCUT2D eigenvalue weighted by atomic mass is 32.1. The lowest BCUT2D eigenvalue weighted by atomic mass is 10.1. The Morgan fingerprint density at radius 1 is 1.18 bits per heavy atom. The van der Waals surface area contributed by atoms with Crippen LogP contribution in [0.15, 0.2) is 24.5 Å². The zero-order valence-electron chi connectivity index (χ0n) is 10.1. The van der Waals surface area contributed by atoms with Gasteiger partial charge in [-0.3, -0.25) is 4.98 Å². The van der Waals surface area contributed by atoms with Crippen LogP contribution in [0.5, 0.6) is 0 Å². The molecule has 1 heterocycles. The molecule has 17 heavy (non-hydrogen) atoms. The molecule has 1 aromatic heterocycles. The van der Waals surface area contributed by atoms with Crippen LogP contribution in [-0.2, 0) is 11.2 Å². The number of rotatable bonds is 9. The zero-order chi connectivity index (χ0) is 12.3. The normalized spacial score (nSPS) is 10.4. The Labute approximate surface area is 108 Å². The van der Waals surface area contributed by atoms with Crippen LogP contribution in [-0.4, -0.2) is 23.2 Å². The Morgan fingerprint density at radius 2 is 1.88 bits per heavy atom. The van der Waals surface area contributed by atoms with Gasteiger partial charge in [0, 0.05) is 25.6 Å². The van der Waals surface area contributed by atoms with Crippen LogP contribution >= 0.6 is 12.2 Å². The molecular weight excluding hydrogens is 232 g/mol. The minimum absolute atomic E-state index is 0.600. The summed E-state index contributed by atoms with van der Waals surface area (Å²) in [7, 11) is 0. The maximum Gasteiger partial charge on any atom is 0.0727 e. The predicted octanol–water partition coefficient (Wildman–Crippen LogP) is 2.49.